The maximum absolute atomic E-state index is 14.1. The molecule has 45 heavy (non-hydrogen) atoms. The van der Waals surface area contributed by atoms with Crippen LogP contribution in [0.1, 0.15) is 43.0 Å². The molecule has 0 saturated heterocycles. The molecule has 2 aromatic heterocycles. The van der Waals surface area contributed by atoms with Crippen LogP contribution in [0, 0.1) is 0 Å². The van der Waals surface area contributed by atoms with E-state index in [9.17, 15) is 22.8 Å². The second-order valence-corrected chi connectivity index (χ2v) is 10.7. The first-order valence-corrected chi connectivity index (χ1v) is 14.3. The molecule has 3 N–H and O–H groups in total. The molecular formula is C30H28ClF3N8O3. The van der Waals surface area contributed by atoms with Crippen LogP contribution >= 0.6 is 11.6 Å². The molecule has 4 aromatic rings. The number of hydrogen-bond acceptors (Lipinski definition) is 8. The fourth-order valence-electron chi connectivity index (χ4n) is 4.99. The molecule has 11 nitrogen and oxygen atoms in total. The monoisotopic (exact) mass is 640 g/mol. The number of carbonyl (C=O) groups is 2. The molecule has 2 atom stereocenters. The summed E-state index contributed by atoms with van der Waals surface area (Å²) in [7, 11) is 1.19. The lowest BCUT2D eigenvalue weighted by atomic mass is 9.96. The molecule has 3 heterocycles. The van der Waals surface area contributed by atoms with Gasteiger partial charge in [0.2, 0.25) is 5.91 Å². The van der Waals surface area contributed by atoms with Crippen LogP contribution in [0.5, 0.6) is 0 Å². The Morgan fingerprint density at radius 3 is 2.69 bits per heavy atom. The van der Waals surface area contributed by atoms with Crippen molar-refractivity contribution in [3.63, 3.8) is 0 Å². The van der Waals surface area contributed by atoms with Gasteiger partial charge < -0.3 is 15.4 Å². The highest BCUT2D eigenvalue weighted by Crippen LogP contribution is 2.36. The number of nitrogens with one attached hydrogen (secondary N) is 3. The minimum atomic E-state index is -4.53. The first-order chi connectivity index (χ1) is 21.6. The number of fused-ring (bicyclic) bond motifs is 4. The molecule has 1 aliphatic heterocycles. The van der Waals surface area contributed by atoms with E-state index in [1.54, 1.807) is 54.7 Å². The number of carbonyl (C=O) groups excluding carboxylic acids is 2. The summed E-state index contributed by atoms with van der Waals surface area (Å²) in [5.41, 5.74) is 3.21. The van der Waals surface area contributed by atoms with Crippen molar-refractivity contribution in [3.8, 4) is 16.8 Å². The lowest BCUT2D eigenvalue weighted by molar-refractivity contribution is -0.144. The summed E-state index contributed by atoms with van der Waals surface area (Å²) in [4.78, 5) is 29.4. The Morgan fingerprint density at radius 1 is 1.11 bits per heavy atom. The number of nitrogens with zero attached hydrogens (tertiary/aromatic N) is 5. The third-order valence-corrected chi connectivity index (χ3v) is 7.41. The molecule has 15 heteroatoms. The van der Waals surface area contributed by atoms with E-state index in [1.165, 1.54) is 30.3 Å². The first-order valence-electron chi connectivity index (χ1n) is 13.9. The van der Waals surface area contributed by atoms with Gasteiger partial charge in [-0.1, -0.05) is 30.5 Å². The molecule has 0 spiro atoms. The number of ether oxygens (including phenoxy) is 1. The molecule has 1 aliphatic rings. The molecule has 0 radical (unpaired) electrons. The van der Waals surface area contributed by atoms with E-state index in [0.29, 0.717) is 45.9 Å². The maximum Gasteiger partial charge on any atom is 0.411 e. The number of benzene rings is 2. The summed E-state index contributed by atoms with van der Waals surface area (Å²) in [6.07, 6.45) is 1.38. The summed E-state index contributed by atoms with van der Waals surface area (Å²) in [6, 6.07) is 10.6. The zero-order chi connectivity index (χ0) is 32.0. The average Bonchev–Trinajstić information content (AvgIpc) is 3.55. The molecule has 0 aliphatic carbocycles. The van der Waals surface area contributed by atoms with E-state index < -0.39 is 30.3 Å². The Morgan fingerprint density at radius 2 is 1.93 bits per heavy atom. The van der Waals surface area contributed by atoms with Crippen molar-refractivity contribution >= 4 is 41.1 Å². The number of aromatic nitrogens is 5. The zero-order valence-corrected chi connectivity index (χ0v) is 24.6. The van der Waals surface area contributed by atoms with Crippen molar-refractivity contribution < 1.29 is 27.5 Å². The smallest absolute Gasteiger partial charge is 0.411 e. The number of methoxy groups -OCH3 is 1. The Bertz CT molecular complexity index is 1700. The number of halogens is 4. The van der Waals surface area contributed by atoms with Gasteiger partial charge >= 0.3 is 12.3 Å². The number of amides is 2. The quantitative estimate of drug-likeness (QED) is 0.215. The Balaban J connectivity index is 1.45. The molecule has 2 bridgehead atoms. The van der Waals surface area contributed by atoms with Crippen LogP contribution in [0.3, 0.4) is 0 Å². The van der Waals surface area contributed by atoms with Crippen LogP contribution in [0.15, 0.2) is 67.1 Å². The Labute approximate surface area is 260 Å². The van der Waals surface area contributed by atoms with Gasteiger partial charge in [0, 0.05) is 39.8 Å². The van der Waals surface area contributed by atoms with Gasteiger partial charge in [0.15, 0.2) is 0 Å². The van der Waals surface area contributed by atoms with Crippen molar-refractivity contribution in [3.05, 3.63) is 83.4 Å². The largest absolute Gasteiger partial charge is 0.453 e. The van der Waals surface area contributed by atoms with E-state index in [-0.39, 0.29) is 24.2 Å². The Kier molecular flexibility index (Phi) is 9.62. The van der Waals surface area contributed by atoms with Crippen molar-refractivity contribution in [2.75, 3.05) is 17.7 Å². The van der Waals surface area contributed by atoms with Gasteiger partial charge in [-0.25, -0.2) is 4.79 Å². The van der Waals surface area contributed by atoms with Gasteiger partial charge in [-0.15, -0.1) is 5.10 Å². The van der Waals surface area contributed by atoms with Crippen LogP contribution in [0.25, 0.3) is 22.9 Å². The SMILES string of the molecule is COC(=O)Nc1ccc2c(c1)NC(C(F)(F)F)CCCCC(NC(=O)C=Cc1cc(Cl)ccc1-n1cnnn1)c1cc-2ccn1. The van der Waals surface area contributed by atoms with E-state index in [2.05, 4.69) is 41.2 Å². The standard InChI is InChI=1S/C30H28ClF3N8O3/c1-45-29(44)37-21-8-9-22-18-12-13-35-25(15-18)23(4-2-3-5-27(30(32,33)34)38-24(22)16-21)39-28(43)11-6-19-14-20(31)7-10-26(19)42-17-36-40-41-42/h6-17,23,27,38H,2-5H2,1H3,(H,37,44)(H,39,43). The van der Waals surface area contributed by atoms with Crippen molar-refractivity contribution in [2.45, 2.75) is 43.9 Å². The van der Waals surface area contributed by atoms with Crippen LogP contribution < -0.4 is 16.0 Å². The third-order valence-electron chi connectivity index (χ3n) is 7.18. The maximum atomic E-state index is 14.1. The summed E-state index contributed by atoms with van der Waals surface area (Å²) in [5.74, 6) is -0.435. The third kappa shape index (κ3) is 7.95. The molecule has 234 valence electrons. The number of rotatable bonds is 5. The number of hydrogen-bond donors (Lipinski definition) is 3. The van der Waals surface area contributed by atoms with E-state index >= 15 is 0 Å². The minimum absolute atomic E-state index is 0.173. The predicted molar refractivity (Wildman–Crippen MR) is 162 cm³/mol. The predicted octanol–water partition coefficient (Wildman–Crippen LogP) is 6.34. The topological polar surface area (TPSA) is 136 Å². The van der Waals surface area contributed by atoms with Crippen LogP contribution in [0.4, 0.5) is 29.3 Å². The van der Waals surface area contributed by atoms with Crippen LogP contribution in [0.2, 0.25) is 5.02 Å². The molecule has 2 aromatic carbocycles. The van der Waals surface area contributed by atoms with Crippen molar-refractivity contribution in [1.82, 2.24) is 30.5 Å². The molecule has 0 saturated carbocycles. The molecule has 5 rings (SSSR count). The zero-order valence-electron chi connectivity index (χ0n) is 23.9. The summed E-state index contributed by atoms with van der Waals surface area (Å²) in [5, 5.41) is 19.7. The van der Waals surface area contributed by atoms with E-state index in [4.69, 9.17) is 11.6 Å². The van der Waals surface area contributed by atoms with Gasteiger partial charge in [0.05, 0.1) is 24.5 Å². The van der Waals surface area contributed by atoms with Gasteiger partial charge in [-0.05, 0) is 77.4 Å². The van der Waals surface area contributed by atoms with E-state index in [0.717, 1.165) is 0 Å². The normalized spacial score (nSPS) is 16.9. The number of tetrazole rings is 1. The van der Waals surface area contributed by atoms with Gasteiger partial charge in [0.25, 0.3) is 0 Å². The minimum Gasteiger partial charge on any atom is -0.453 e. The van der Waals surface area contributed by atoms with Gasteiger partial charge in [0.1, 0.15) is 12.4 Å². The lowest BCUT2D eigenvalue weighted by Gasteiger charge is -2.26. The van der Waals surface area contributed by atoms with Crippen LogP contribution in [-0.2, 0) is 9.53 Å². The van der Waals surface area contributed by atoms with Crippen LogP contribution in [-0.4, -0.2) is 56.5 Å². The fraction of sp³-hybridized carbons (Fsp3) is 0.267. The Hall–Kier alpha value is -4.98. The van der Waals surface area contributed by atoms with Gasteiger partial charge in [-0.2, -0.15) is 17.9 Å². The fourth-order valence-corrected chi connectivity index (χ4v) is 5.17. The number of anilines is 2. The number of alkyl halides is 3. The lowest BCUT2D eigenvalue weighted by Crippen LogP contribution is -2.36. The molecule has 2 unspecified atom stereocenters. The summed E-state index contributed by atoms with van der Waals surface area (Å²) in [6.45, 7) is 0. The average molecular weight is 641 g/mol. The molecule has 2 amide bonds. The molecular weight excluding hydrogens is 613 g/mol. The second-order valence-electron chi connectivity index (χ2n) is 10.2. The van der Waals surface area contributed by atoms with Gasteiger partial charge in [-0.3, -0.25) is 15.1 Å². The number of pyridine rings is 1. The molecule has 0 fully saturated rings. The highest BCUT2D eigenvalue weighted by molar-refractivity contribution is 6.30. The second kappa shape index (κ2) is 13.8. The van der Waals surface area contributed by atoms with Crippen molar-refractivity contribution in [2.24, 2.45) is 0 Å². The highest BCUT2D eigenvalue weighted by atomic mass is 35.5. The van der Waals surface area contributed by atoms with E-state index in [1.807, 2.05) is 0 Å². The summed E-state index contributed by atoms with van der Waals surface area (Å²) < 4.78 is 48.4. The van der Waals surface area contributed by atoms with Crippen molar-refractivity contribution in [1.29, 1.82) is 0 Å². The summed E-state index contributed by atoms with van der Waals surface area (Å²) >= 11 is 6.18. The highest BCUT2D eigenvalue weighted by Gasteiger charge is 2.39. The first kappa shape index (κ1) is 31.4.